The fraction of sp³-hybridized carbons (Fsp3) is 0. The number of nitrogen functional groups attached to an aromatic ring is 1. The van der Waals surface area contributed by atoms with Gasteiger partial charge in [-0.2, -0.15) is 5.10 Å². The first-order chi connectivity index (χ1) is 7.50. The van der Waals surface area contributed by atoms with E-state index >= 15 is 0 Å². The largest absolute Gasteiger partial charge is 0.506 e. The van der Waals surface area contributed by atoms with Gasteiger partial charge in [-0.3, -0.25) is 5.10 Å². The van der Waals surface area contributed by atoms with Gasteiger partial charge in [0.1, 0.15) is 11.6 Å². The minimum atomic E-state index is -1.22. The second-order valence-electron chi connectivity index (χ2n) is 3.08. The van der Waals surface area contributed by atoms with Gasteiger partial charge in [0, 0.05) is 6.07 Å². The molecule has 0 saturated heterocycles. The van der Waals surface area contributed by atoms with Crippen molar-refractivity contribution in [2.45, 2.75) is 0 Å². The fourth-order valence-corrected chi connectivity index (χ4v) is 1.49. The molecule has 7 heteroatoms. The van der Waals surface area contributed by atoms with Crippen molar-refractivity contribution in [3.05, 3.63) is 28.8 Å². The molecule has 0 aliphatic carbocycles. The number of halogens is 3. The summed E-state index contributed by atoms with van der Waals surface area (Å²) < 4.78 is 26.5. The summed E-state index contributed by atoms with van der Waals surface area (Å²) in [5, 5.41) is 15.2. The van der Waals surface area contributed by atoms with E-state index in [2.05, 4.69) is 10.2 Å². The summed E-state index contributed by atoms with van der Waals surface area (Å²) in [6.45, 7) is 0. The summed E-state index contributed by atoms with van der Waals surface area (Å²) in [5.41, 5.74) is 4.97. The molecule has 0 unspecified atom stereocenters. The van der Waals surface area contributed by atoms with E-state index in [4.69, 9.17) is 17.3 Å². The molecule has 0 bridgehead atoms. The van der Waals surface area contributed by atoms with Crippen molar-refractivity contribution < 1.29 is 13.9 Å². The molecule has 0 saturated carbocycles. The Morgan fingerprint density at radius 3 is 2.62 bits per heavy atom. The third kappa shape index (κ3) is 1.57. The van der Waals surface area contributed by atoms with Gasteiger partial charge in [0.25, 0.3) is 0 Å². The number of hydrogen-bond donors (Lipinski definition) is 3. The van der Waals surface area contributed by atoms with Gasteiger partial charge in [-0.25, -0.2) is 8.78 Å². The molecule has 0 spiro atoms. The number of aromatic nitrogens is 2. The number of nitrogens with one attached hydrogen (secondary N) is 1. The number of aromatic hydroxyl groups is 1. The zero-order valence-corrected chi connectivity index (χ0v) is 8.52. The number of nitrogens with zero attached hydrogens (tertiary/aromatic N) is 1. The molecule has 0 aliphatic rings. The maximum atomic E-state index is 13.5. The summed E-state index contributed by atoms with van der Waals surface area (Å²) in [5.74, 6) is -2.85. The van der Waals surface area contributed by atoms with Gasteiger partial charge in [-0.15, -0.1) is 0 Å². The van der Waals surface area contributed by atoms with Crippen LogP contribution in [0, 0.1) is 11.6 Å². The second-order valence-corrected chi connectivity index (χ2v) is 3.49. The van der Waals surface area contributed by atoms with Crippen LogP contribution in [-0.4, -0.2) is 15.3 Å². The first kappa shape index (κ1) is 10.7. The zero-order valence-electron chi connectivity index (χ0n) is 7.76. The molecule has 0 fully saturated rings. The minimum Gasteiger partial charge on any atom is -0.506 e. The van der Waals surface area contributed by atoms with E-state index in [0.29, 0.717) is 6.07 Å². The van der Waals surface area contributed by atoms with Gasteiger partial charge in [0.15, 0.2) is 11.6 Å². The van der Waals surface area contributed by atoms with Crippen LogP contribution in [0.2, 0.25) is 5.02 Å². The molecular weight excluding hydrogens is 240 g/mol. The second kappa shape index (κ2) is 3.64. The summed E-state index contributed by atoms with van der Waals surface area (Å²) in [4.78, 5) is 0. The summed E-state index contributed by atoms with van der Waals surface area (Å²) >= 11 is 5.53. The first-order valence-electron chi connectivity index (χ1n) is 4.18. The van der Waals surface area contributed by atoms with E-state index in [1.165, 1.54) is 6.07 Å². The average Bonchev–Trinajstić information content (AvgIpc) is 2.62. The third-order valence-electron chi connectivity index (χ3n) is 2.01. The van der Waals surface area contributed by atoms with Gasteiger partial charge in [-0.05, 0) is 6.07 Å². The molecule has 0 aliphatic heterocycles. The Balaban J connectivity index is 2.73. The molecular formula is C9H6ClF2N3O. The highest BCUT2D eigenvalue weighted by Gasteiger charge is 2.20. The third-order valence-corrected chi connectivity index (χ3v) is 2.30. The monoisotopic (exact) mass is 245 g/mol. The van der Waals surface area contributed by atoms with Gasteiger partial charge < -0.3 is 10.8 Å². The lowest BCUT2D eigenvalue weighted by Gasteiger charge is -2.06. The zero-order chi connectivity index (χ0) is 11.9. The van der Waals surface area contributed by atoms with E-state index in [0.717, 1.165) is 0 Å². The number of phenols is 1. The SMILES string of the molecule is Nc1cc(-c2c(O)c(Cl)cc(F)c2F)[nH]n1. The smallest absolute Gasteiger partial charge is 0.172 e. The van der Waals surface area contributed by atoms with Gasteiger partial charge in [0.05, 0.1) is 16.3 Å². The van der Waals surface area contributed by atoms with Crippen LogP contribution >= 0.6 is 11.6 Å². The lowest BCUT2D eigenvalue weighted by atomic mass is 10.1. The van der Waals surface area contributed by atoms with Crippen LogP contribution in [0.15, 0.2) is 12.1 Å². The fourth-order valence-electron chi connectivity index (χ4n) is 1.30. The van der Waals surface area contributed by atoms with E-state index in [1.54, 1.807) is 0 Å². The molecule has 4 nitrogen and oxygen atoms in total. The molecule has 16 heavy (non-hydrogen) atoms. The number of aromatic amines is 1. The summed E-state index contributed by atoms with van der Waals surface area (Å²) in [6, 6.07) is 1.95. The standard InChI is InChI=1S/C9H6ClF2N3O/c10-3-1-4(11)8(12)7(9(3)16)5-2-6(13)15-14-5/h1-2,16H,(H3,13,14,15). The van der Waals surface area contributed by atoms with E-state index in [1.807, 2.05) is 0 Å². The van der Waals surface area contributed by atoms with Gasteiger partial charge in [0.2, 0.25) is 0 Å². The number of nitrogens with two attached hydrogens (primary N) is 1. The Morgan fingerprint density at radius 2 is 2.06 bits per heavy atom. The van der Waals surface area contributed by atoms with Crippen molar-refractivity contribution in [2.24, 2.45) is 0 Å². The highest BCUT2D eigenvalue weighted by molar-refractivity contribution is 6.32. The molecule has 2 rings (SSSR count). The minimum absolute atomic E-state index is 0.0499. The average molecular weight is 246 g/mol. The Bertz CT molecular complexity index is 530. The highest BCUT2D eigenvalue weighted by Crippen LogP contribution is 2.38. The lowest BCUT2D eigenvalue weighted by molar-refractivity contribution is 0.458. The number of hydrogen-bond acceptors (Lipinski definition) is 3. The Hall–Kier alpha value is -1.82. The normalized spacial score (nSPS) is 10.7. The van der Waals surface area contributed by atoms with Crippen LogP contribution < -0.4 is 5.73 Å². The number of anilines is 1. The van der Waals surface area contributed by atoms with Gasteiger partial charge in [-0.1, -0.05) is 11.6 Å². The lowest BCUT2D eigenvalue weighted by Crippen LogP contribution is -1.92. The highest BCUT2D eigenvalue weighted by atomic mass is 35.5. The molecule has 84 valence electrons. The van der Waals surface area contributed by atoms with Crippen LogP contribution in [0.4, 0.5) is 14.6 Å². The number of phenolic OH excluding ortho intramolecular Hbond substituents is 1. The van der Waals surface area contributed by atoms with Crippen LogP contribution in [-0.2, 0) is 0 Å². The molecule has 1 heterocycles. The molecule has 4 N–H and O–H groups in total. The number of H-pyrrole nitrogens is 1. The number of benzene rings is 1. The molecule has 0 radical (unpaired) electrons. The predicted molar refractivity (Wildman–Crippen MR) is 55.0 cm³/mol. The van der Waals surface area contributed by atoms with Crippen molar-refractivity contribution in [1.82, 2.24) is 10.2 Å². The quantitative estimate of drug-likeness (QED) is 0.675. The predicted octanol–water partition coefficient (Wildman–Crippen LogP) is 2.30. The van der Waals surface area contributed by atoms with Crippen LogP contribution in [0.3, 0.4) is 0 Å². The van der Waals surface area contributed by atoms with Crippen molar-refractivity contribution in [3.8, 4) is 17.0 Å². The Kier molecular flexibility index (Phi) is 2.43. The van der Waals surface area contributed by atoms with Gasteiger partial charge >= 0.3 is 0 Å². The van der Waals surface area contributed by atoms with Crippen molar-refractivity contribution in [2.75, 3.05) is 5.73 Å². The van der Waals surface area contributed by atoms with Crippen LogP contribution in [0.25, 0.3) is 11.3 Å². The van der Waals surface area contributed by atoms with E-state index in [9.17, 15) is 13.9 Å². The summed E-state index contributed by atoms with van der Waals surface area (Å²) in [6.07, 6.45) is 0. The van der Waals surface area contributed by atoms with Crippen molar-refractivity contribution in [1.29, 1.82) is 0 Å². The summed E-state index contributed by atoms with van der Waals surface area (Å²) in [7, 11) is 0. The van der Waals surface area contributed by atoms with E-state index in [-0.39, 0.29) is 16.5 Å². The Labute approximate surface area is 93.7 Å². The van der Waals surface area contributed by atoms with Crippen LogP contribution in [0.1, 0.15) is 0 Å². The Morgan fingerprint density at radius 1 is 1.38 bits per heavy atom. The van der Waals surface area contributed by atoms with Crippen molar-refractivity contribution >= 4 is 17.4 Å². The van der Waals surface area contributed by atoms with Crippen molar-refractivity contribution in [3.63, 3.8) is 0 Å². The molecule has 1 aromatic heterocycles. The molecule has 1 aromatic carbocycles. The van der Waals surface area contributed by atoms with E-state index < -0.39 is 22.9 Å². The van der Waals surface area contributed by atoms with Crippen LogP contribution in [0.5, 0.6) is 5.75 Å². The maximum Gasteiger partial charge on any atom is 0.172 e. The molecule has 0 atom stereocenters. The molecule has 2 aromatic rings. The number of rotatable bonds is 1. The topological polar surface area (TPSA) is 74.9 Å². The first-order valence-corrected chi connectivity index (χ1v) is 4.56. The molecule has 0 amide bonds. The maximum absolute atomic E-state index is 13.5.